The van der Waals surface area contributed by atoms with Crippen LogP contribution in [0.25, 0.3) is 0 Å². The normalized spacial score (nSPS) is 10.1. The van der Waals surface area contributed by atoms with Gasteiger partial charge in [-0.1, -0.05) is 12.1 Å². The van der Waals surface area contributed by atoms with Crippen molar-refractivity contribution in [2.24, 2.45) is 0 Å². The fourth-order valence-electron chi connectivity index (χ4n) is 2.91. The van der Waals surface area contributed by atoms with E-state index in [2.05, 4.69) is 10.6 Å². The molecule has 0 aliphatic rings. The molecule has 8 nitrogen and oxygen atoms in total. The Labute approximate surface area is 191 Å². The molecule has 0 atom stereocenters. The van der Waals surface area contributed by atoms with Crippen molar-refractivity contribution in [1.29, 1.82) is 0 Å². The minimum absolute atomic E-state index is 0.211. The van der Waals surface area contributed by atoms with Crippen LogP contribution in [0.2, 0.25) is 0 Å². The Balaban J connectivity index is 1.56. The summed E-state index contributed by atoms with van der Waals surface area (Å²) in [6.45, 7) is 2.19. The Bertz CT molecular complexity index is 1110. The Morgan fingerprint density at radius 1 is 0.818 bits per heavy atom. The molecule has 0 radical (unpaired) electrons. The number of amides is 2. The zero-order chi connectivity index (χ0) is 23.6. The van der Waals surface area contributed by atoms with Gasteiger partial charge in [-0.3, -0.25) is 9.59 Å². The second-order valence-electron chi connectivity index (χ2n) is 6.88. The van der Waals surface area contributed by atoms with Gasteiger partial charge in [-0.2, -0.15) is 0 Å². The monoisotopic (exact) mass is 448 g/mol. The molecule has 0 fully saturated rings. The van der Waals surface area contributed by atoms with E-state index in [0.29, 0.717) is 29.1 Å². The van der Waals surface area contributed by atoms with E-state index in [1.165, 1.54) is 12.1 Å². The average Bonchev–Trinajstić information content (AvgIpc) is 2.83. The predicted octanol–water partition coefficient (Wildman–Crippen LogP) is 4.41. The van der Waals surface area contributed by atoms with Gasteiger partial charge < -0.3 is 24.8 Å². The van der Waals surface area contributed by atoms with Gasteiger partial charge in [-0.05, 0) is 73.2 Å². The van der Waals surface area contributed by atoms with Gasteiger partial charge in [0.05, 0.1) is 13.7 Å². The average molecular weight is 448 g/mol. The molecule has 0 heterocycles. The van der Waals surface area contributed by atoms with Crippen LogP contribution in [-0.4, -0.2) is 31.7 Å². The van der Waals surface area contributed by atoms with Crippen molar-refractivity contribution in [2.45, 2.75) is 13.5 Å². The molecule has 3 aromatic rings. The number of anilines is 1. The molecule has 0 spiro atoms. The van der Waals surface area contributed by atoms with Crippen LogP contribution in [0.5, 0.6) is 11.5 Å². The molecule has 170 valence electrons. The quantitative estimate of drug-likeness (QED) is 0.391. The standard InChI is InChI=1S/C25H24N2O6/c1-3-32-25(30)33-22-13-9-19(10-14-22)24(29)27-20-6-4-5-17(15-20)16-26-23(28)18-7-11-21(31-2)12-8-18/h4-15H,3,16H2,1-2H3,(H,26,28)(H,27,29). The lowest BCUT2D eigenvalue weighted by Gasteiger charge is -2.10. The molecule has 2 N–H and O–H groups in total. The van der Waals surface area contributed by atoms with Crippen LogP contribution in [0.15, 0.2) is 72.8 Å². The summed E-state index contributed by atoms with van der Waals surface area (Å²) in [6.07, 6.45) is -0.800. The summed E-state index contributed by atoms with van der Waals surface area (Å²) in [6, 6.07) is 20.1. The lowest BCUT2D eigenvalue weighted by molar-refractivity contribution is 0.0949. The van der Waals surface area contributed by atoms with Crippen molar-refractivity contribution in [2.75, 3.05) is 19.0 Å². The summed E-state index contributed by atoms with van der Waals surface area (Å²) < 4.78 is 14.8. The first-order valence-corrected chi connectivity index (χ1v) is 10.3. The fraction of sp³-hybridized carbons (Fsp3) is 0.160. The van der Waals surface area contributed by atoms with Gasteiger partial charge in [0.25, 0.3) is 11.8 Å². The number of nitrogens with one attached hydrogen (secondary N) is 2. The lowest BCUT2D eigenvalue weighted by Crippen LogP contribution is -2.22. The molecule has 0 aliphatic heterocycles. The van der Waals surface area contributed by atoms with E-state index < -0.39 is 6.16 Å². The minimum atomic E-state index is -0.800. The van der Waals surface area contributed by atoms with Crippen molar-refractivity contribution in [3.63, 3.8) is 0 Å². The van der Waals surface area contributed by atoms with Crippen molar-refractivity contribution in [3.8, 4) is 11.5 Å². The molecule has 8 heteroatoms. The van der Waals surface area contributed by atoms with E-state index in [1.807, 2.05) is 6.07 Å². The highest BCUT2D eigenvalue weighted by Gasteiger charge is 2.10. The highest BCUT2D eigenvalue weighted by atomic mass is 16.7. The summed E-state index contributed by atoms with van der Waals surface area (Å²) >= 11 is 0. The van der Waals surface area contributed by atoms with E-state index in [1.54, 1.807) is 68.6 Å². The molecular weight excluding hydrogens is 424 g/mol. The van der Waals surface area contributed by atoms with Gasteiger partial charge in [0.1, 0.15) is 11.5 Å². The maximum absolute atomic E-state index is 12.5. The van der Waals surface area contributed by atoms with Gasteiger partial charge in [-0.25, -0.2) is 4.79 Å². The Kier molecular flexibility index (Phi) is 8.02. The topological polar surface area (TPSA) is 103 Å². The van der Waals surface area contributed by atoms with Crippen LogP contribution in [0.1, 0.15) is 33.2 Å². The van der Waals surface area contributed by atoms with Crippen molar-refractivity contribution < 1.29 is 28.6 Å². The molecule has 3 rings (SSSR count). The van der Waals surface area contributed by atoms with E-state index in [0.717, 1.165) is 5.56 Å². The maximum Gasteiger partial charge on any atom is 0.513 e. The van der Waals surface area contributed by atoms with Crippen LogP contribution in [0, 0.1) is 0 Å². The van der Waals surface area contributed by atoms with Crippen molar-refractivity contribution in [1.82, 2.24) is 5.32 Å². The van der Waals surface area contributed by atoms with Gasteiger partial charge in [-0.15, -0.1) is 0 Å². The summed E-state index contributed by atoms with van der Waals surface area (Å²) in [5.74, 6) is 0.421. The van der Waals surface area contributed by atoms with Gasteiger partial charge >= 0.3 is 6.16 Å². The minimum Gasteiger partial charge on any atom is -0.497 e. The first kappa shape index (κ1) is 23.3. The van der Waals surface area contributed by atoms with Crippen LogP contribution >= 0.6 is 0 Å². The predicted molar refractivity (Wildman–Crippen MR) is 123 cm³/mol. The van der Waals surface area contributed by atoms with Crippen LogP contribution in [-0.2, 0) is 11.3 Å². The van der Waals surface area contributed by atoms with E-state index in [9.17, 15) is 14.4 Å². The number of ether oxygens (including phenoxy) is 3. The third-order valence-corrected chi connectivity index (χ3v) is 4.57. The highest BCUT2D eigenvalue weighted by molar-refractivity contribution is 6.04. The smallest absolute Gasteiger partial charge is 0.497 e. The summed E-state index contributed by atoms with van der Waals surface area (Å²) in [4.78, 5) is 36.2. The molecule has 0 unspecified atom stereocenters. The Morgan fingerprint density at radius 3 is 2.09 bits per heavy atom. The maximum atomic E-state index is 12.5. The van der Waals surface area contributed by atoms with E-state index in [-0.39, 0.29) is 24.2 Å². The molecule has 0 aromatic heterocycles. The second kappa shape index (κ2) is 11.3. The van der Waals surface area contributed by atoms with E-state index in [4.69, 9.17) is 14.2 Å². The molecular formula is C25H24N2O6. The zero-order valence-electron chi connectivity index (χ0n) is 18.3. The number of hydrogen-bond donors (Lipinski definition) is 2. The van der Waals surface area contributed by atoms with Crippen LogP contribution in [0.3, 0.4) is 0 Å². The molecule has 0 aliphatic carbocycles. The van der Waals surface area contributed by atoms with E-state index >= 15 is 0 Å². The van der Waals surface area contributed by atoms with Gasteiger partial charge in [0.15, 0.2) is 0 Å². The first-order valence-electron chi connectivity index (χ1n) is 10.3. The zero-order valence-corrected chi connectivity index (χ0v) is 18.3. The molecule has 2 amide bonds. The molecule has 3 aromatic carbocycles. The second-order valence-corrected chi connectivity index (χ2v) is 6.88. The number of rotatable bonds is 8. The fourth-order valence-corrected chi connectivity index (χ4v) is 2.91. The summed E-state index contributed by atoms with van der Waals surface area (Å²) in [7, 11) is 1.57. The first-order chi connectivity index (χ1) is 16.0. The number of methoxy groups -OCH3 is 1. The number of hydrogen-bond acceptors (Lipinski definition) is 6. The molecule has 0 saturated heterocycles. The molecule has 0 saturated carbocycles. The summed E-state index contributed by atoms with van der Waals surface area (Å²) in [5.41, 5.74) is 2.33. The largest absolute Gasteiger partial charge is 0.513 e. The van der Waals surface area contributed by atoms with Crippen molar-refractivity contribution in [3.05, 3.63) is 89.5 Å². The number of carbonyl (C=O) groups excluding carboxylic acids is 3. The van der Waals surface area contributed by atoms with Gasteiger partial charge in [0.2, 0.25) is 0 Å². The highest BCUT2D eigenvalue weighted by Crippen LogP contribution is 2.16. The van der Waals surface area contributed by atoms with Crippen LogP contribution in [0.4, 0.5) is 10.5 Å². The Hall–Kier alpha value is -4.33. The van der Waals surface area contributed by atoms with Crippen LogP contribution < -0.4 is 20.1 Å². The third kappa shape index (κ3) is 6.83. The molecule has 0 bridgehead atoms. The SMILES string of the molecule is CCOC(=O)Oc1ccc(C(=O)Nc2cccc(CNC(=O)c3ccc(OC)cc3)c2)cc1. The Morgan fingerprint density at radius 2 is 1.45 bits per heavy atom. The number of carbonyl (C=O) groups is 3. The summed E-state index contributed by atoms with van der Waals surface area (Å²) in [5, 5.41) is 5.66. The van der Waals surface area contributed by atoms with Gasteiger partial charge in [0, 0.05) is 23.4 Å². The molecule has 33 heavy (non-hydrogen) atoms. The van der Waals surface area contributed by atoms with Crippen molar-refractivity contribution >= 4 is 23.7 Å². The third-order valence-electron chi connectivity index (χ3n) is 4.57. The number of benzene rings is 3. The lowest BCUT2D eigenvalue weighted by atomic mass is 10.1.